The van der Waals surface area contributed by atoms with Crippen LogP contribution >= 0.6 is 0 Å². The minimum Gasteiger partial charge on any atom is -0.457 e. The second kappa shape index (κ2) is 7.83. The van der Waals surface area contributed by atoms with Crippen LogP contribution in [0.2, 0.25) is 0 Å². The van der Waals surface area contributed by atoms with Crippen LogP contribution in [-0.2, 0) is 6.42 Å². The highest BCUT2D eigenvalue weighted by Gasteiger charge is 2.03. The zero-order valence-corrected chi connectivity index (χ0v) is 12.5. The summed E-state index contributed by atoms with van der Waals surface area (Å²) < 4.78 is 5.93. The van der Waals surface area contributed by atoms with Crippen LogP contribution in [0.4, 0.5) is 4.79 Å². The first-order valence-corrected chi connectivity index (χ1v) is 7.13. The third kappa shape index (κ3) is 4.63. The van der Waals surface area contributed by atoms with E-state index in [9.17, 15) is 4.79 Å². The Balaban J connectivity index is 2.05. The molecular weight excluding hydrogens is 278 g/mol. The summed E-state index contributed by atoms with van der Waals surface area (Å²) in [6.45, 7) is 2.14. The van der Waals surface area contributed by atoms with Crippen LogP contribution in [-0.4, -0.2) is 12.2 Å². The van der Waals surface area contributed by atoms with E-state index < -0.39 is 6.03 Å². The van der Waals surface area contributed by atoms with Crippen molar-refractivity contribution in [2.45, 2.75) is 19.8 Å². The van der Waals surface area contributed by atoms with Crippen molar-refractivity contribution >= 4 is 12.2 Å². The molecule has 5 nitrogen and oxygen atoms in total. The Bertz CT molecular complexity index is 651. The molecule has 3 N–H and O–H groups in total. The van der Waals surface area contributed by atoms with Crippen LogP contribution in [0.15, 0.2) is 53.6 Å². The fourth-order valence-electron chi connectivity index (χ4n) is 2.00. The molecule has 2 rings (SSSR count). The number of carbonyl (C=O) groups is 1. The van der Waals surface area contributed by atoms with Crippen molar-refractivity contribution in [3.63, 3.8) is 0 Å². The number of para-hydroxylation sites is 1. The molecule has 2 aromatic rings. The van der Waals surface area contributed by atoms with Gasteiger partial charge in [0.05, 0.1) is 6.21 Å². The van der Waals surface area contributed by atoms with Crippen molar-refractivity contribution in [1.82, 2.24) is 5.43 Å². The molecule has 5 heteroatoms. The largest absolute Gasteiger partial charge is 0.457 e. The highest BCUT2D eigenvalue weighted by molar-refractivity contribution is 5.81. The molecule has 0 bridgehead atoms. The lowest BCUT2D eigenvalue weighted by molar-refractivity contribution is 0.249. The Kier molecular flexibility index (Phi) is 5.54. The van der Waals surface area contributed by atoms with E-state index in [1.54, 1.807) is 0 Å². The van der Waals surface area contributed by atoms with Crippen LogP contribution in [0.3, 0.4) is 0 Å². The van der Waals surface area contributed by atoms with Gasteiger partial charge >= 0.3 is 6.03 Å². The summed E-state index contributed by atoms with van der Waals surface area (Å²) in [5, 5.41) is 3.70. The maximum Gasteiger partial charge on any atom is 0.332 e. The minimum absolute atomic E-state index is 0.691. The Morgan fingerprint density at radius 3 is 2.64 bits per heavy atom. The molecule has 2 amide bonds. The molecular formula is C17H19N3O2. The minimum atomic E-state index is -0.691. The van der Waals surface area contributed by atoms with Crippen molar-refractivity contribution in [3.05, 3.63) is 59.7 Å². The Labute approximate surface area is 129 Å². The summed E-state index contributed by atoms with van der Waals surface area (Å²) in [6.07, 6.45) is 3.57. The molecule has 0 fully saturated rings. The first-order valence-electron chi connectivity index (χ1n) is 7.13. The highest BCUT2D eigenvalue weighted by Crippen LogP contribution is 2.26. The fraction of sp³-hybridized carbons (Fsp3) is 0.176. The van der Waals surface area contributed by atoms with Crippen LogP contribution in [0.1, 0.15) is 24.5 Å². The second-order valence-corrected chi connectivity index (χ2v) is 4.76. The molecule has 0 aliphatic carbocycles. The van der Waals surface area contributed by atoms with Gasteiger partial charge in [0.25, 0.3) is 0 Å². The number of nitrogens with zero attached hydrogens (tertiary/aromatic N) is 1. The van der Waals surface area contributed by atoms with Crippen LogP contribution in [0.25, 0.3) is 0 Å². The van der Waals surface area contributed by atoms with E-state index in [1.807, 2.05) is 42.5 Å². The molecule has 0 spiro atoms. The third-order valence-electron chi connectivity index (χ3n) is 2.99. The normalized spacial score (nSPS) is 10.6. The summed E-state index contributed by atoms with van der Waals surface area (Å²) in [6, 6.07) is 14.8. The smallest absolute Gasteiger partial charge is 0.332 e. The van der Waals surface area contributed by atoms with Gasteiger partial charge in [-0.25, -0.2) is 10.2 Å². The number of aryl methyl sites for hydroxylation is 1. The zero-order valence-electron chi connectivity index (χ0n) is 12.5. The number of primary amides is 1. The molecule has 114 valence electrons. The summed E-state index contributed by atoms with van der Waals surface area (Å²) in [7, 11) is 0. The molecule has 2 aromatic carbocycles. The van der Waals surface area contributed by atoms with Gasteiger partial charge in [0.15, 0.2) is 0 Å². The molecule has 0 unspecified atom stereocenters. The zero-order chi connectivity index (χ0) is 15.8. The van der Waals surface area contributed by atoms with E-state index in [4.69, 9.17) is 10.5 Å². The van der Waals surface area contributed by atoms with Crippen molar-refractivity contribution in [2.24, 2.45) is 10.8 Å². The first kappa shape index (κ1) is 15.6. The number of benzene rings is 2. The van der Waals surface area contributed by atoms with Crippen molar-refractivity contribution in [3.8, 4) is 11.5 Å². The van der Waals surface area contributed by atoms with Gasteiger partial charge in [0.2, 0.25) is 0 Å². The van der Waals surface area contributed by atoms with Crippen molar-refractivity contribution in [2.75, 3.05) is 0 Å². The summed E-state index contributed by atoms with van der Waals surface area (Å²) >= 11 is 0. The maximum absolute atomic E-state index is 10.5. The SMILES string of the molecule is CCCc1ccccc1Oc1ccc(/C=N\NC(N)=O)cc1. The van der Waals surface area contributed by atoms with E-state index in [0.717, 1.165) is 29.9 Å². The predicted octanol–water partition coefficient (Wildman–Crippen LogP) is 3.43. The van der Waals surface area contributed by atoms with Gasteiger partial charge < -0.3 is 10.5 Å². The van der Waals surface area contributed by atoms with E-state index in [1.165, 1.54) is 11.8 Å². The lowest BCUT2D eigenvalue weighted by atomic mass is 10.1. The molecule has 0 atom stereocenters. The number of hydrogen-bond acceptors (Lipinski definition) is 3. The quantitative estimate of drug-likeness (QED) is 0.633. The van der Waals surface area contributed by atoms with Gasteiger partial charge in [0.1, 0.15) is 11.5 Å². The van der Waals surface area contributed by atoms with E-state index in [-0.39, 0.29) is 0 Å². The predicted molar refractivity (Wildman–Crippen MR) is 87.3 cm³/mol. The molecule has 0 saturated carbocycles. The van der Waals surface area contributed by atoms with Crippen LogP contribution in [0, 0.1) is 0 Å². The van der Waals surface area contributed by atoms with E-state index in [2.05, 4.69) is 23.5 Å². The van der Waals surface area contributed by atoms with Crippen molar-refractivity contribution < 1.29 is 9.53 Å². The molecule has 0 heterocycles. The van der Waals surface area contributed by atoms with E-state index in [0.29, 0.717) is 0 Å². The van der Waals surface area contributed by atoms with Gasteiger partial charge in [-0.2, -0.15) is 5.10 Å². The highest BCUT2D eigenvalue weighted by atomic mass is 16.5. The number of nitrogens with two attached hydrogens (primary N) is 1. The number of nitrogens with one attached hydrogen (secondary N) is 1. The molecule has 0 radical (unpaired) electrons. The number of carbonyl (C=O) groups excluding carboxylic acids is 1. The average molecular weight is 297 g/mol. The van der Waals surface area contributed by atoms with Gasteiger partial charge in [-0.3, -0.25) is 0 Å². The third-order valence-corrected chi connectivity index (χ3v) is 2.99. The number of ether oxygens (including phenoxy) is 1. The topological polar surface area (TPSA) is 76.7 Å². The van der Waals surface area contributed by atoms with E-state index >= 15 is 0 Å². The molecule has 0 saturated heterocycles. The summed E-state index contributed by atoms with van der Waals surface area (Å²) in [5.41, 5.74) is 9.10. The number of amides is 2. The van der Waals surface area contributed by atoms with Gasteiger partial charge in [-0.15, -0.1) is 0 Å². The number of urea groups is 1. The molecule has 0 aliphatic heterocycles. The van der Waals surface area contributed by atoms with Crippen LogP contribution in [0.5, 0.6) is 11.5 Å². The first-order chi connectivity index (χ1) is 10.7. The molecule has 0 aromatic heterocycles. The molecule has 22 heavy (non-hydrogen) atoms. The fourth-order valence-corrected chi connectivity index (χ4v) is 2.00. The number of rotatable bonds is 6. The van der Waals surface area contributed by atoms with Gasteiger partial charge in [-0.1, -0.05) is 31.5 Å². The number of hydrogen-bond donors (Lipinski definition) is 2. The summed E-state index contributed by atoms with van der Waals surface area (Å²) in [5.74, 6) is 1.63. The second-order valence-electron chi connectivity index (χ2n) is 4.76. The summed E-state index contributed by atoms with van der Waals surface area (Å²) in [4.78, 5) is 10.5. The lowest BCUT2D eigenvalue weighted by Crippen LogP contribution is -2.24. The Morgan fingerprint density at radius 2 is 1.95 bits per heavy atom. The lowest BCUT2D eigenvalue weighted by Gasteiger charge is -2.10. The number of hydrazone groups is 1. The van der Waals surface area contributed by atoms with Crippen molar-refractivity contribution in [1.29, 1.82) is 0 Å². The maximum atomic E-state index is 10.5. The Hall–Kier alpha value is -2.82. The monoisotopic (exact) mass is 297 g/mol. The van der Waals surface area contributed by atoms with Crippen LogP contribution < -0.4 is 15.9 Å². The molecule has 0 aliphatic rings. The van der Waals surface area contributed by atoms with Gasteiger partial charge in [0, 0.05) is 0 Å². The van der Waals surface area contributed by atoms with Gasteiger partial charge in [-0.05, 0) is 47.9 Å². The Morgan fingerprint density at radius 1 is 1.23 bits per heavy atom. The average Bonchev–Trinajstić information content (AvgIpc) is 2.51. The standard InChI is InChI=1S/C17H19N3O2/c1-2-5-14-6-3-4-7-16(14)22-15-10-8-13(9-11-15)12-19-20-17(18)21/h3-4,6-12H,2,5H2,1H3,(H3,18,20,21)/b19-12-.